The van der Waals surface area contributed by atoms with E-state index in [4.69, 9.17) is 14.5 Å². The van der Waals surface area contributed by atoms with Crippen molar-refractivity contribution >= 4 is 45.0 Å². The number of ether oxygens (including phenoxy) is 2. The lowest BCUT2D eigenvalue weighted by Crippen LogP contribution is -2.33. The number of thiazole rings is 1. The molecule has 3 aromatic rings. The van der Waals surface area contributed by atoms with Gasteiger partial charge in [0.1, 0.15) is 17.0 Å². The molecule has 0 spiro atoms. The zero-order chi connectivity index (χ0) is 23.6. The second-order valence-electron chi connectivity index (χ2n) is 8.23. The molecule has 0 aliphatic carbocycles. The fraction of sp³-hybridized carbons (Fsp3) is 0.462. The molecule has 0 bridgehead atoms. The number of carbonyl (C=O) groups is 1. The van der Waals surface area contributed by atoms with E-state index in [-0.39, 0.29) is 18.3 Å². The zero-order valence-electron chi connectivity index (χ0n) is 20.6. The maximum atomic E-state index is 13.6. The van der Waals surface area contributed by atoms with Crippen LogP contribution in [0.1, 0.15) is 49.9 Å². The zero-order valence-corrected chi connectivity index (χ0v) is 22.2. The fourth-order valence-corrected chi connectivity index (χ4v) is 4.55. The molecular weight excluding hydrogens is 470 g/mol. The third-order valence-electron chi connectivity index (χ3n) is 5.23. The predicted octanol–water partition coefficient (Wildman–Crippen LogP) is 6.28. The van der Waals surface area contributed by atoms with Crippen LogP contribution in [0, 0.1) is 0 Å². The van der Waals surface area contributed by atoms with Crippen molar-refractivity contribution in [2.45, 2.75) is 39.5 Å². The van der Waals surface area contributed by atoms with Crippen molar-refractivity contribution in [1.29, 1.82) is 0 Å². The van der Waals surface area contributed by atoms with Gasteiger partial charge in [-0.3, -0.25) is 9.69 Å². The molecule has 0 aliphatic heterocycles. The van der Waals surface area contributed by atoms with E-state index in [1.165, 1.54) is 11.3 Å². The van der Waals surface area contributed by atoms with Crippen molar-refractivity contribution in [3.05, 3.63) is 48.0 Å². The highest BCUT2D eigenvalue weighted by molar-refractivity contribution is 7.22. The van der Waals surface area contributed by atoms with Crippen molar-refractivity contribution in [2.24, 2.45) is 0 Å². The molecule has 1 aromatic heterocycles. The van der Waals surface area contributed by atoms with E-state index < -0.39 is 0 Å². The molecule has 0 unspecified atom stereocenters. The van der Waals surface area contributed by atoms with Crippen LogP contribution in [0.5, 0.6) is 11.5 Å². The number of aromatic nitrogens is 1. The van der Waals surface area contributed by atoms with Gasteiger partial charge in [-0.25, -0.2) is 4.98 Å². The molecular formula is C26H36ClN3O3S. The summed E-state index contributed by atoms with van der Waals surface area (Å²) in [6.45, 7) is 6.84. The van der Waals surface area contributed by atoms with Crippen LogP contribution >= 0.6 is 23.7 Å². The first-order valence-electron chi connectivity index (χ1n) is 11.7. The summed E-state index contributed by atoms with van der Waals surface area (Å²) in [6.07, 6.45) is 4.15. The van der Waals surface area contributed by atoms with Gasteiger partial charge in [0.05, 0.1) is 17.9 Å². The van der Waals surface area contributed by atoms with Crippen LogP contribution < -0.4 is 14.4 Å². The molecule has 0 fully saturated rings. The minimum absolute atomic E-state index is 0. The van der Waals surface area contributed by atoms with Crippen LogP contribution in [0.25, 0.3) is 10.2 Å². The van der Waals surface area contributed by atoms with Crippen LogP contribution in [0.2, 0.25) is 0 Å². The number of nitrogens with zero attached hydrogens (tertiary/aromatic N) is 3. The van der Waals surface area contributed by atoms with E-state index in [0.29, 0.717) is 30.5 Å². The predicted molar refractivity (Wildman–Crippen MR) is 144 cm³/mol. The number of unbranched alkanes of at least 4 members (excludes halogenated alkanes) is 2. The molecule has 2 aromatic carbocycles. The first-order chi connectivity index (χ1) is 16.0. The highest BCUT2D eigenvalue weighted by atomic mass is 35.5. The third kappa shape index (κ3) is 7.58. The summed E-state index contributed by atoms with van der Waals surface area (Å²) in [5, 5.41) is 0.690. The number of anilines is 1. The Kier molecular flexibility index (Phi) is 11.6. The maximum absolute atomic E-state index is 13.6. The second kappa shape index (κ2) is 14.1. The first kappa shape index (κ1) is 27.9. The molecule has 0 radical (unpaired) electrons. The number of halogens is 1. The topological polar surface area (TPSA) is 54.9 Å². The van der Waals surface area contributed by atoms with Gasteiger partial charge in [0, 0.05) is 12.1 Å². The van der Waals surface area contributed by atoms with Crippen molar-refractivity contribution in [3.63, 3.8) is 0 Å². The van der Waals surface area contributed by atoms with Crippen LogP contribution in [0.15, 0.2) is 42.5 Å². The molecule has 0 saturated heterocycles. The summed E-state index contributed by atoms with van der Waals surface area (Å²) in [5.74, 6) is 1.42. The number of fused-ring (bicyclic) bond motifs is 1. The van der Waals surface area contributed by atoms with Gasteiger partial charge < -0.3 is 14.4 Å². The number of amides is 1. The van der Waals surface area contributed by atoms with E-state index in [1.54, 1.807) is 4.90 Å². The normalized spacial score (nSPS) is 10.9. The lowest BCUT2D eigenvalue weighted by molar-refractivity contribution is 0.0985. The molecule has 0 atom stereocenters. The summed E-state index contributed by atoms with van der Waals surface area (Å²) in [5.41, 5.74) is 1.41. The molecule has 0 saturated carbocycles. The lowest BCUT2D eigenvalue weighted by atomic mass is 10.2. The molecule has 8 heteroatoms. The summed E-state index contributed by atoms with van der Waals surface area (Å²) in [7, 11) is 4.08. The smallest absolute Gasteiger partial charge is 0.260 e. The molecule has 6 nitrogen and oxygen atoms in total. The average Bonchev–Trinajstić information content (AvgIpc) is 3.24. The fourth-order valence-electron chi connectivity index (χ4n) is 3.54. The SMILES string of the molecule is CCCCCOc1cccc(C(=O)N(CCCN(C)C)c2nc3c(OCC)cccc3s2)c1.Cl. The van der Waals surface area contributed by atoms with Crippen molar-refractivity contribution < 1.29 is 14.3 Å². The Hall–Kier alpha value is -2.35. The van der Waals surface area contributed by atoms with Crippen molar-refractivity contribution in [3.8, 4) is 11.5 Å². The number of para-hydroxylation sites is 1. The standard InChI is InChI=1S/C26H35N3O3S.ClH/c1-5-7-8-18-32-21-13-9-12-20(19-21)25(30)29(17-11-16-28(3)4)26-27-24-22(31-6-2)14-10-15-23(24)33-26;/h9-10,12-15,19H,5-8,11,16-18H2,1-4H3;1H. The van der Waals surface area contributed by atoms with Crippen LogP contribution in [-0.2, 0) is 0 Å². The quantitative estimate of drug-likeness (QED) is 0.256. The van der Waals surface area contributed by atoms with Gasteiger partial charge in [0.25, 0.3) is 5.91 Å². The van der Waals surface area contributed by atoms with Crippen molar-refractivity contribution in [2.75, 3.05) is 45.3 Å². The minimum Gasteiger partial charge on any atom is -0.494 e. The van der Waals surface area contributed by atoms with E-state index in [1.807, 2.05) is 63.5 Å². The second-order valence-corrected chi connectivity index (χ2v) is 9.24. The van der Waals surface area contributed by atoms with Crippen LogP contribution in [-0.4, -0.2) is 56.2 Å². The van der Waals surface area contributed by atoms with Gasteiger partial charge in [0.15, 0.2) is 5.13 Å². The first-order valence-corrected chi connectivity index (χ1v) is 12.6. The highest BCUT2D eigenvalue weighted by Crippen LogP contribution is 2.35. The number of carbonyl (C=O) groups excluding carboxylic acids is 1. The summed E-state index contributed by atoms with van der Waals surface area (Å²) >= 11 is 1.52. The van der Waals surface area contributed by atoms with Gasteiger partial charge in [-0.15, -0.1) is 12.4 Å². The Morgan fingerprint density at radius 3 is 2.53 bits per heavy atom. The molecule has 34 heavy (non-hydrogen) atoms. The van der Waals surface area contributed by atoms with Gasteiger partial charge >= 0.3 is 0 Å². The molecule has 186 valence electrons. The van der Waals surface area contributed by atoms with Gasteiger partial charge in [0.2, 0.25) is 0 Å². The highest BCUT2D eigenvalue weighted by Gasteiger charge is 2.22. The monoisotopic (exact) mass is 505 g/mol. The number of rotatable bonds is 13. The average molecular weight is 506 g/mol. The maximum Gasteiger partial charge on any atom is 0.260 e. The summed E-state index contributed by atoms with van der Waals surface area (Å²) in [6, 6.07) is 13.4. The van der Waals surface area contributed by atoms with Crippen LogP contribution in [0.4, 0.5) is 5.13 Å². The van der Waals surface area contributed by atoms with E-state index in [9.17, 15) is 4.79 Å². The third-order valence-corrected chi connectivity index (χ3v) is 6.27. The Bertz CT molecular complexity index is 1040. The van der Waals surface area contributed by atoms with Gasteiger partial charge in [-0.2, -0.15) is 0 Å². The Morgan fingerprint density at radius 1 is 1.00 bits per heavy atom. The van der Waals surface area contributed by atoms with E-state index in [0.717, 1.165) is 53.9 Å². The Balaban J connectivity index is 0.00000408. The van der Waals surface area contributed by atoms with Gasteiger partial charge in [-0.05, 0) is 70.7 Å². The largest absolute Gasteiger partial charge is 0.494 e. The van der Waals surface area contributed by atoms with Crippen LogP contribution in [0.3, 0.4) is 0 Å². The number of hydrogen-bond acceptors (Lipinski definition) is 6. The molecule has 1 heterocycles. The molecule has 0 N–H and O–H groups in total. The summed E-state index contributed by atoms with van der Waals surface area (Å²) < 4.78 is 12.6. The molecule has 0 aliphatic rings. The lowest BCUT2D eigenvalue weighted by Gasteiger charge is -2.21. The number of hydrogen-bond donors (Lipinski definition) is 0. The van der Waals surface area contributed by atoms with E-state index >= 15 is 0 Å². The molecule has 1 amide bonds. The minimum atomic E-state index is -0.0650. The van der Waals surface area contributed by atoms with Crippen molar-refractivity contribution in [1.82, 2.24) is 9.88 Å². The summed E-state index contributed by atoms with van der Waals surface area (Å²) in [4.78, 5) is 22.4. The van der Waals surface area contributed by atoms with E-state index in [2.05, 4.69) is 11.8 Å². The Morgan fingerprint density at radius 2 is 1.79 bits per heavy atom. The Labute approximate surface area is 213 Å². The number of benzene rings is 2. The van der Waals surface area contributed by atoms with Gasteiger partial charge in [-0.1, -0.05) is 43.2 Å². The molecule has 3 rings (SSSR count).